The van der Waals surface area contributed by atoms with Crippen molar-refractivity contribution in [3.05, 3.63) is 58.9 Å². The normalized spacial score (nSPS) is 11.8. The van der Waals surface area contributed by atoms with E-state index in [2.05, 4.69) is 97.7 Å². The number of benzene rings is 2. The van der Waals surface area contributed by atoms with Crippen molar-refractivity contribution in [1.82, 2.24) is 0 Å². The van der Waals surface area contributed by atoms with Crippen molar-refractivity contribution in [1.29, 1.82) is 10.5 Å². The summed E-state index contributed by atoms with van der Waals surface area (Å²) in [5.74, 6) is 1.46. The van der Waals surface area contributed by atoms with Gasteiger partial charge in [-0.1, -0.05) is 92.9 Å². The standard InChI is InChI=1S/C44H66N6O2/c1-7-13-19-29-51-43-31-39(49(25-15-9-3)26-16-10-4)23-21-37(43)35-47-41(33-45)42(34-46)48-36-38-22-24-40(32-44(38)52-30-20-14-8-2)50(27-17-11-5)28-18-12-6/h21-24,31-32,35-36H,7-20,25-30H2,1-6H3/b42-41+,47-35?,48-36?. The van der Waals surface area contributed by atoms with Gasteiger partial charge in [0, 0.05) is 73.2 Å². The number of unbranched alkanes of at least 4 members (excludes halogenated alkanes) is 8. The van der Waals surface area contributed by atoms with Crippen LogP contribution in [0.2, 0.25) is 0 Å². The zero-order chi connectivity index (χ0) is 37.8. The maximum absolute atomic E-state index is 10.1. The summed E-state index contributed by atoms with van der Waals surface area (Å²) >= 11 is 0. The van der Waals surface area contributed by atoms with Crippen molar-refractivity contribution in [3.63, 3.8) is 0 Å². The minimum absolute atomic E-state index is 0.0559. The van der Waals surface area contributed by atoms with Crippen molar-refractivity contribution < 1.29 is 9.47 Å². The predicted molar refractivity (Wildman–Crippen MR) is 220 cm³/mol. The van der Waals surface area contributed by atoms with Gasteiger partial charge in [0.1, 0.15) is 23.6 Å². The summed E-state index contributed by atoms with van der Waals surface area (Å²) in [5, 5.41) is 20.2. The van der Waals surface area contributed by atoms with Gasteiger partial charge in [0.05, 0.1) is 13.2 Å². The van der Waals surface area contributed by atoms with E-state index in [9.17, 15) is 10.5 Å². The van der Waals surface area contributed by atoms with Crippen molar-refractivity contribution >= 4 is 23.8 Å². The highest BCUT2D eigenvalue weighted by atomic mass is 16.5. The average molecular weight is 711 g/mol. The van der Waals surface area contributed by atoms with Crippen molar-refractivity contribution in [2.75, 3.05) is 49.2 Å². The van der Waals surface area contributed by atoms with Gasteiger partial charge in [0.25, 0.3) is 0 Å². The molecule has 8 nitrogen and oxygen atoms in total. The maximum Gasteiger partial charge on any atom is 0.176 e. The van der Waals surface area contributed by atoms with E-state index in [0.717, 1.165) is 150 Å². The molecule has 0 saturated carbocycles. The molecule has 0 amide bonds. The monoisotopic (exact) mass is 711 g/mol. The smallest absolute Gasteiger partial charge is 0.176 e. The molecule has 0 saturated heterocycles. The molecule has 0 unspecified atom stereocenters. The molecule has 0 heterocycles. The molecule has 2 rings (SSSR count). The van der Waals surface area contributed by atoms with Gasteiger partial charge in [0.2, 0.25) is 0 Å². The molecule has 0 aliphatic carbocycles. The maximum atomic E-state index is 10.1. The number of anilines is 2. The van der Waals surface area contributed by atoms with Crippen LogP contribution in [0.5, 0.6) is 11.5 Å². The second-order valence-electron chi connectivity index (χ2n) is 13.4. The lowest BCUT2D eigenvalue weighted by Crippen LogP contribution is -2.25. The number of rotatable bonds is 28. The Balaban J connectivity index is 2.48. The number of ether oxygens (including phenoxy) is 2. The quantitative estimate of drug-likeness (QED) is 0.0495. The lowest BCUT2D eigenvalue weighted by Gasteiger charge is -2.25. The van der Waals surface area contributed by atoms with E-state index >= 15 is 0 Å². The molecule has 0 aliphatic rings. The highest BCUT2D eigenvalue weighted by molar-refractivity contribution is 5.87. The minimum Gasteiger partial charge on any atom is -0.493 e. The Morgan fingerprint density at radius 1 is 0.538 bits per heavy atom. The second kappa shape index (κ2) is 27.4. The lowest BCUT2D eigenvalue weighted by atomic mass is 10.1. The van der Waals surface area contributed by atoms with E-state index in [1.807, 2.05) is 12.1 Å². The molecule has 2 aromatic rings. The largest absolute Gasteiger partial charge is 0.493 e. The molecular weight excluding hydrogens is 645 g/mol. The van der Waals surface area contributed by atoms with Crippen molar-refractivity contribution in [2.45, 2.75) is 131 Å². The van der Waals surface area contributed by atoms with Gasteiger partial charge in [-0.2, -0.15) is 10.5 Å². The highest BCUT2D eigenvalue weighted by Crippen LogP contribution is 2.28. The molecule has 284 valence electrons. The van der Waals surface area contributed by atoms with Crippen LogP contribution >= 0.6 is 0 Å². The molecule has 8 heteroatoms. The van der Waals surface area contributed by atoms with Gasteiger partial charge in [-0.25, -0.2) is 9.98 Å². The molecule has 0 fully saturated rings. The van der Waals surface area contributed by atoms with E-state index < -0.39 is 0 Å². The first-order chi connectivity index (χ1) is 25.5. The molecule has 0 aliphatic heterocycles. The van der Waals surface area contributed by atoms with Crippen LogP contribution in [0.1, 0.15) is 143 Å². The van der Waals surface area contributed by atoms with Crippen LogP contribution in [0, 0.1) is 22.7 Å². The van der Waals surface area contributed by atoms with Gasteiger partial charge in [-0.05, 0) is 62.8 Å². The molecule has 0 atom stereocenters. The SMILES string of the molecule is CCCCCOc1cc(N(CCCC)CCCC)ccc1C=N/C(C#N)=C(\C#N)N=Cc1ccc(N(CCCC)CCCC)cc1OCCCCC. The van der Waals surface area contributed by atoms with E-state index in [0.29, 0.717) is 13.2 Å². The molecule has 2 aromatic carbocycles. The fraction of sp³-hybridized carbons (Fsp3) is 0.591. The van der Waals surface area contributed by atoms with Crippen LogP contribution in [-0.4, -0.2) is 51.8 Å². The Morgan fingerprint density at radius 3 is 1.19 bits per heavy atom. The van der Waals surface area contributed by atoms with Crippen LogP contribution in [0.4, 0.5) is 11.4 Å². The number of nitriles is 2. The Kier molecular flexibility index (Phi) is 23.1. The third-order valence-electron chi connectivity index (χ3n) is 8.96. The van der Waals surface area contributed by atoms with Gasteiger partial charge < -0.3 is 19.3 Å². The van der Waals surface area contributed by atoms with Crippen molar-refractivity contribution in [3.8, 4) is 23.6 Å². The number of aliphatic imine (C=N–C) groups is 2. The summed E-state index contributed by atoms with van der Waals surface area (Å²) in [4.78, 5) is 13.8. The first kappa shape index (κ1) is 43.9. The zero-order valence-electron chi connectivity index (χ0n) is 33.3. The zero-order valence-corrected chi connectivity index (χ0v) is 33.3. The van der Waals surface area contributed by atoms with Crippen LogP contribution in [0.15, 0.2) is 57.8 Å². The summed E-state index contributed by atoms with van der Waals surface area (Å²) in [6.45, 7) is 18.4. The molecule has 0 aromatic heterocycles. The second-order valence-corrected chi connectivity index (χ2v) is 13.4. The number of nitrogens with zero attached hydrogens (tertiary/aromatic N) is 6. The summed E-state index contributed by atoms with van der Waals surface area (Å²) in [5.41, 5.74) is 3.66. The highest BCUT2D eigenvalue weighted by Gasteiger charge is 2.13. The average Bonchev–Trinajstić information content (AvgIpc) is 3.17. The Morgan fingerprint density at radius 2 is 0.885 bits per heavy atom. The summed E-state index contributed by atoms with van der Waals surface area (Å²) < 4.78 is 12.6. The Labute approximate surface area is 316 Å². The number of hydrogen-bond acceptors (Lipinski definition) is 8. The molecular formula is C44H66N6O2. The lowest BCUT2D eigenvalue weighted by molar-refractivity contribution is 0.306. The van der Waals surface area contributed by atoms with Crippen LogP contribution < -0.4 is 19.3 Å². The van der Waals surface area contributed by atoms with Gasteiger partial charge in [-0.3, -0.25) is 0 Å². The molecule has 52 heavy (non-hydrogen) atoms. The topological polar surface area (TPSA) is 97.2 Å². The first-order valence-corrected chi connectivity index (χ1v) is 20.2. The first-order valence-electron chi connectivity index (χ1n) is 20.2. The molecule has 0 bridgehead atoms. The van der Waals surface area contributed by atoms with E-state index in [1.54, 1.807) is 12.4 Å². The Bertz CT molecular complexity index is 1340. The third kappa shape index (κ3) is 15.9. The fourth-order valence-corrected chi connectivity index (χ4v) is 5.66. The van der Waals surface area contributed by atoms with E-state index in [-0.39, 0.29) is 11.4 Å². The summed E-state index contributed by atoms with van der Waals surface area (Å²) in [6, 6.07) is 16.6. The van der Waals surface area contributed by atoms with Gasteiger partial charge >= 0.3 is 0 Å². The van der Waals surface area contributed by atoms with Crippen LogP contribution in [0.3, 0.4) is 0 Å². The predicted octanol–water partition coefficient (Wildman–Crippen LogP) is 11.4. The number of allylic oxidation sites excluding steroid dienone is 2. The fourth-order valence-electron chi connectivity index (χ4n) is 5.66. The van der Waals surface area contributed by atoms with E-state index in [1.165, 1.54) is 0 Å². The van der Waals surface area contributed by atoms with E-state index in [4.69, 9.17) is 9.47 Å². The van der Waals surface area contributed by atoms with Gasteiger partial charge in [-0.15, -0.1) is 0 Å². The van der Waals surface area contributed by atoms with Crippen LogP contribution in [-0.2, 0) is 0 Å². The summed E-state index contributed by atoms with van der Waals surface area (Å²) in [7, 11) is 0. The molecule has 0 radical (unpaired) electrons. The van der Waals surface area contributed by atoms with Crippen molar-refractivity contribution in [2.24, 2.45) is 9.98 Å². The summed E-state index contributed by atoms with van der Waals surface area (Å²) in [6.07, 6.45) is 18.6. The molecule has 0 N–H and O–H groups in total. The number of hydrogen-bond donors (Lipinski definition) is 0. The Hall–Kier alpha value is -4.30. The van der Waals surface area contributed by atoms with Gasteiger partial charge in [0.15, 0.2) is 11.4 Å². The minimum atomic E-state index is -0.0559. The third-order valence-corrected chi connectivity index (χ3v) is 8.96. The van der Waals surface area contributed by atoms with Crippen LogP contribution in [0.25, 0.3) is 0 Å². The molecule has 0 spiro atoms.